The van der Waals surface area contributed by atoms with Crippen molar-refractivity contribution in [1.29, 1.82) is 0 Å². The van der Waals surface area contributed by atoms with Crippen molar-refractivity contribution in [3.8, 4) is 11.7 Å². The first-order chi connectivity index (χ1) is 9.04. The molecule has 0 radical (unpaired) electrons. The summed E-state index contributed by atoms with van der Waals surface area (Å²) in [6.45, 7) is 0.807. The third-order valence-electron chi connectivity index (χ3n) is 2.36. The van der Waals surface area contributed by atoms with Gasteiger partial charge in [-0.25, -0.2) is 0 Å². The maximum atomic E-state index is 10.5. The molecule has 2 rings (SSSR count). The van der Waals surface area contributed by atoms with E-state index in [1.165, 1.54) is 0 Å². The molecule has 2 aromatic rings. The van der Waals surface area contributed by atoms with Crippen LogP contribution >= 0.6 is 15.9 Å². The van der Waals surface area contributed by atoms with Crippen LogP contribution in [0.4, 0.5) is 0 Å². The summed E-state index contributed by atoms with van der Waals surface area (Å²) in [7, 11) is 1.79. The van der Waals surface area contributed by atoms with Crippen molar-refractivity contribution in [2.24, 2.45) is 0 Å². The number of aliphatic carboxylic acids is 1. The molecule has 0 amide bonds. The molecular weight excluding hydrogens is 318 g/mol. The zero-order chi connectivity index (χ0) is 13.8. The summed E-state index contributed by atoms with van der Waals surface area (Å²) < 4.78 is 11.3. The van der Waals surface area contributed by atoms with Gasteiger partial charge in [0, 0.05) is 6.54 Å². The minimum atomic E-state index is -0.835. The fourth-order valence-electron chi connectivity index (χ4n) is 1.44. The molecule has 0 atom stereocenters. The Labute approximate surface area is 117 Å². The Morgan fingerprint density at radius 3 is 2.84 bits per heavy atom. The van der Waals surface area contributed by atoms with Crippen molar-refractivity contribution in [2.45, 2.75) is 13.0 Å². The van der Waals surface area contributed by atoms with Crippen molar-refractivity contribution in [1.82, 2.24) is 15.1 Å². The van der Waals surface area contributed by atoms with Crippen LogP contribution in [-0.4, -0.2) is 39.8 Å². The summed E-state index contributed by atoms with van der Waals surface area (Å²) in [5.74, 6) is 0.361. The molecule has 0 bridgehead atoms. The number of carboxylic acids is 1. The fraction of sp³-hybridized carbons (Fsp3) is 0.364. The van der Waals surface area contributed by atoms with Gasteiger partial charge >= 0.3 is 5.97 Å². The van der Waals surface area contributed by atoms with Gasteiger partial charge in [0.2, 0.25) is 5.89 Å². The average molecular weight is 330 g/mol. The highest BCUT2D eigenvalue weighted by Crippen LogP contribution is 2.23. The molecular formula is C11H12BrN3O4. The standard InChI is InChI=1S/C11H12BrN3O4/c1-15(5-4-10(16)17)6-9-13-14-11(19-9)7-2-3-8(12)18-7/h2-3H,4-6H2,1H3,(H,16,17). The van der Waals surface area contributed by atoms with Crippen molar-refractivity contribution in [3.63, 3.8) is 0 Å². The largest absolute Gasteiger partial charge is 0.481 e. The Morgan fingerprint density at radius 2 is 2.21 bits per heavy atom. The van der Waals surface area contributed by atoms with Crippen LogP contribution < -0.4 is 0 Å². The van der Waals surface area contributed by atoms with Crippen LogP contribution in [-0.2, 0) is 11.3 Å². The van der Waals surface area contributed by atoms with Crippen LogP contribution in [0.15, 0.2) is 25.6 Å². The van der Waals surface area contributed by atoms with Gasteiger partial charge in [-0.15, -0.1) is 10.2 Å². The highest BCUT2D eigenvalue weighted by atomic mass is 79.9. The lowest BCUT2D eigenvalue weighted by molar-refractivity contribution is -0.137. The summed E-state index contributed by atoms with van der Waals surface area (Å²) in [6, 6.07) is 3.45. The minimum absolute atomic E-state index is 0.0720. The molecule has 2 heterocycles. The molecule has 0 fully saturated rings. The summed E-state index contributed by atoms with van der Waals surface area (Å²) >= 11 is 3.19. The molecule has 0 aliphatic heterocycles. The Bertz CT molecular complexity index is 566. The van der Waals surface area contributed by atoms with Crippen LogP contribution in [0, 0.1) is 0 Å². The van der Waals surface area contributed by atoms with Crippen LogP contribution in [0.2, 0.25) is 0 Å². The van der Waals surface area contributed by atoms with E-state index in [-0.39, 0.29) is 6.42 Å². The number of carboxylic acid groups (broad SMARTS) is 1. The third-order valence-corrected chi connectivity index (χ3v) is 2.79. The van der Waals surface area contributed by atoms with Gasteiger partial charge in [-0.3, -0.25) is 9.69 Å². The maximum Gasteiger partial charge on any atom is 0.304 e. The van der Waals surface area contributed by atoms with E-state index in [9.17, 15) is 4.79 Å². The SMILES string of the molecule is CN(CCC(=O)O)Cc1nnc(-c2ccc(Br)o2)o1. The molecule has 8 heteroatoms. The lowest BCUT2D eigenvalue weighted by Gasteiger charge is -2.11. The molecule has 1 N–H and O–H groups in total. The predicted molar refractivity (Wildman–Crippen MR) is 68.3 cm³/mol. The monoisotopic (exact) mass is 329 g/mol. The van der Waals surface area contributed by atoms with E-state index in [0.29, 0.717) is 35.3 Å². The minimum Gasteiger partial charge on any atom is -0.481 e. The van der Waals surface area contributed by atoms with Crippen LogP contribution in [0.25, 0.3) is 11.7 Å². The molecule has 2 aromatic heterocycles. The lowest BCUT2D eigenvalue weighted by Crippen LogP contribution is -2.21. The summed E-state index contributed by atoms with van der Waals surface area (Å²) in [4.78, 5) is 12.2. The molecule has 0 aromatic carbocycles. The smallest absolute Gasteiger partial charge is 0.304 e. The predicted octanol–water partition coefficient (Wildman–Crippen LogP) is 2.00. The molecule has 7 nitrogen and oxygen atoms in total. The quantitative estimate of drug-likeness (QED) is 0.866. The highest BCUT2D eigenvalue weighted by molar-refractivity contribution is 9.10. The van der Waals surface area contributed by atoms with Crippen molar-refractivity contribution >= 4 is 21.9 Å². The second kappa shape index (κ2) is 5.98. The lowest BCUT2D eigenvalue weighted by atomic mass is 10.4. The number of aromatic nitrogens is 2. The fourth-order valence-corrected chi connectivity index (χ4v) is 1.75. The van der Waals surface area contributed by atoms with Gasteiger partial charge < -0.3 is 13.9 Å². The first kappa shape index (κ1) is 13.8. The first-order valence-electron chi connectivity index (χ1n) is 5.53. The Balaban J connectivity index is 1.95. The summed E-state index contributed by atoms with van der Waals surface area (Å²) in [5, 5.41) is 16.4. The van der Waals surface area contributed by atoms with Gasteiger partial charge in [-0.05, 0) is 35.1 Å². The van der Waals surface area contributed by atoms with Crippen molar-refractivity contribution < 1.29 is 18.7 Å². The zero-order valence-electron chi connectivity index (χ0n) is 10.2. The highest BCUT2D eigenvalue weighted by Gasteiger charge is 2.13. The van der Waals surface area contributed by atoms with Crippen LogP contribution in [0.3, 0.4) is 0 Å². The van der Waals surface area contributed by atoms with E-state index in [4.69, 9.17) is 13.9 Å². The number of nitrogens with zero attached hydrogens (tertiary/aromatic N) is 3. The van der Waals surface area contributed by atoms with Crippen LogP contribution in [0.1, 0.15) is 12.3 Å². The Morgan fingerprint density at radius 1 is 1.42 bits per heavy atom. The second-order valence-electron chi connectivity index (χ2n) is 3.99. The maximum absolute atomic E-state index is 10.5. The number of hydrogen-bond donors (Lipinski definition) is 1. The molecule has 0 aliphatic carbocycles. The summed E-state index contributed by atoms with van der Waals surface area (Å²) in [6.07, 6.45) is 0.0720. The molecule has 102 valence electrons. The Hall–Kier alpha value is -1.67. The number of carbonyl (C=O) groups is 1. The summed E-state index contributed by atoms with van der Waals surface area (Å²) in [5.41, 5.74) is 0. The first-order valence-corrected chi connectivity index (χ1v) is 6.32. The molecule has 0 saturated heterocycles. The van der Waals surface area contributed by atoms with Gasteiger partial charge in [0.05, 0.1) is 13.0 Å². The van der Waals surface area contributed by atoms with E-state index in [0.717, 1.165) is 0 Å². The van der Waals surface area contributed by atoms with Gasteiger partial charge in [0.25, 0.3) is 5.89 Å². The number of hydrogen-bond acceptors (Lipinski definition) is 6. The van der Waals surface area contributed by atoms with Crippen molar-refractivity contribution in [2.75, 3.05) is 13.6 Å². The molecule has 0 spiro atoms. The number of furan rings is 1. The number of rotatable bonds is 6. The van der Waals surface area contributed by atoms with E-state index in [2.05, 4.69) is 26.1 Å². The third kappa shape index (κ3) is 3.90. The van der Waals surface area contributed by atoms with Gasteiger partial charge in [-0.1, -0.05) is 0 Å². The molecule has 0 unspecified atom stereocenters. The van der Waals surface area contributed by atoms with Gasteiger partial charge in [0.1, 0.15) is 0 Å². The number of halogens is 1. The topological polar surface area (TPSA) is 92.6 Å². The van der Waals surface area contributed by atoms with Crippen molar-refractivity contribution in [3.05, 3.63) is 22.7 Å². The van der Waals surface area contributed by atoms with Crippen LogP contribution in [0.5, 0.6) is 0 Å². The molecule has 0 saturated carbocycles. The van der Waals surface area contributed by atoms with E-state index in [1.54, 1.807) is 24.1 Å². The molecule has 0 aliphatic rings. The zero-order valence-corrected chi connectivity index (χ0v) is 11.8. The van der Waals surface area contributed by atoms with E-state index >= 15 is 0 Å². The normalized spacial score (nSPS) is 11.1. The van der Waals surface area contributed by atoms with Gasteiger partial charge in [-0.2, -0.15) is 0 Å². The van der Waals surface area contributed by atoms with Gasteiger partial charge in [0.15, 0.2) is 10.4 Å². The van der Waals surface area contributed by atoms with E-state index in [1.807, 2.05) is 0 Å². The molecule has 19 heavy (non-hydrogen) atoms. The van der Waals surface area contributed by atoms with E-state index < -0.39 is 5.97 Å². The average Bonchev–Trinajstić information content (AvgIpc) is 2.95. The Kier molecular flexibility index (Phi) is 4.33. The second-order valence-corrected chi connectivity index (χ2v) is 4.77.